The summed E-state index contributed by atoms with van der Waals surface area (Å²) in [5, 5.41) is 12.0. The number of nitrogens with two attached hydrogens (primary N) is 1. The Bertz CT molecular complexity index is 1530. The van der Waals surface area contributed by atoms with E-state index in [0.717, 1.165) is 17.4 Å². The van der Waals surface area contributed by atoms with E-state index in [1.54, 1.807) is 41.8 Å². The fourth-order valence-electron chi connectivity index (χ4n) is 4.33. The van der Waals surface area contributed by atoms with E-state index in [4.69, 9.17) is 5.73 Å². The molecule has 10 nitrogen and oxygen atoms in total. The third-order valence-corrected chi connectivity index (χ3v) is 6.12. The number of piperidine rings is 1. The number of halogens is 1. The maximum absolute atomic E-state index is 14.6. The first kappa shape index (κ1) is 24.8. The number of nitriles is 1. The Morgan fingerprint density at radius 1 is 1.28 bits per heavy atom. The van der Waals surface area contributed by atoms with Crippen molar-refractivity contribution in [3.63, 3.8) is 0 Å². The maximum atomic E-state index is 14.6. The molecule has 186 valence electrons. The molecule has 0 bridgehead atoms. The van der Waals surface area contributed by atoms with Crippen LogP contribution in [-0.2, 0) is 20.1 Å². The van der Waals surface area contributed by atoms with Crippen LogP contribution in [-0.4, -0.2) is 37.8 Å². The number of rotatable bonds is 6. The summed E-state index contributed by atoms with van der Waals surface area (Å²) in [5.41, 5.74) is 5.52. The number of fused-ring (bicyclic) bond motifs is 1. The van der Waals surface area contributed by atoms with Crippen LogP contribution in [0.2, 0.25) is 0 Å². The van der Waals surface area contributed by atoms with Gasteiger partial charge in [0.1, 0.15) is 6.07 Å². The van der Waals surface area contributed by atoms with Crippen LogP contribution >= 0.6 is 0 Å². The van der Waals surface area contributed by atoms with Gasteiger partial charge in [0, 0.05) is 31.9 Å². The number of aryl methyl sites for hydroxylation is 1. The first-order chi connectivity index (χ1) is 17.3. The van der Waals surface area contributed by atoms with E-state index in [9.17, 15) is 19.2 Å². The molecular formula is C25H27FN8O2. The van der Waals surface area contributed by atoms with Gasteiger partial charge in [-0.1, -0.05) is 24.1 Å². The number of anilines is 2. The van der Waals surface area contributed by atoms with Crippen molar-refractivity contribution in [1.82, 2.24) is 18.7 Å². The highest BCUT2D eigenvalue weighted by atomic mass is 19.1. The SMILES string of the molecule is CC#CCn1c(N2CCCC(N)C2)nc2c1c(=O)n(CC(Nc1ccccc1)=C(F)C#N)c(=O)n2C. The van der Waals surface area contributed by atoms with Crippen LogP contribution in [0.5, 0.6) is 0 Å². The zero-order valence-corrected chi connectivity index (χ0v) is 20.2. The van der Waals surface area contributed by atoms with Gasteiger partial charge in [-0.05, 0) is 31.9 Å². The molecule has 1 aliphatic rings. The van der Waals surface area contributed by atoms with Crippen molar-refractivity contribution in [2.24, 2.45) is 12.8 Å². The second-order valence-corrected chi connectivity index (χ2v) is 8.57. The highest BCUT2D eigenvalue weighted by Gasteiger charge is 2.26. The molecule has 0 spiro atoms. The van der Waals surface area contributed by atoms with E-state index in [2.05, 4.69) is 22.1 Å². The molecule has 1 aromatic carbocycles. The van der Waals surface area contributed by atoms with Crippen molar-refractivity contribution >= 4 is 22.8 Å². The van der Waals surface area contributed by atoms with Gasteiger partial charge in [0.05, 0.1) is 18.8 Å². The number of benzene rings is 1. The standard InChI is InChI=1S/C25H27FN8O2/c1-3-4-13-33-21-22(30-24(33)32-12-8-9-17(28)15-32)31(2)25(36)34(23(21)35)16-20(19(26)14-27)29-18-10-6-5-7-11-18/h5-7,10-11,17,29H,8-9,12-13,15-16,28H2,1-2H3. The normalized spacial score (nSPS) is 16.2. The summed E-state index contributed by atoms with van der Waals surface area (Å²) in [7, 11) is 1.50. The average Bonchev–Trinajstić information content (AvgIpc) is 3.28. The molecule has 0 saturated carbocycles. The Kier molecular flexibility index (Phi) is 7.23. The number of nitrogens with zero attached hydrogens (tertiary/aromatic N) is 6. The Balaban J connectivity index is 1.88. The van der Waals surface area contributed by atoms with Gasteiger partial charge in [-0.25, -0.2) is 4.79 Å². The van der Waals surface area contributed by atoms with Gasteiger partial charge in [-0.3, -0.25) is 18.5 Å². The van der Waals surface area contributed by atoms with Crippen LogP contribution in [0.1, 0.15) is 19.8 Å². The zero-order chi connectivity index (χ0) is 25.8. The van der Waals surface area contributed by atoms with E-state index in [0.29, 0.717) is 24.7 Å². The highest BCUT2D eigenvalue weighted by molar-refractivity contribution is 5.75. The summed E-state index contributed by atoms with van der Waals surface area (Å²) >= 11 is 0. The van der Waals surface area contributed by atoms with Gasteiger partial charge in [0.25, 0.3) is 5.56 Å². The maximum Gasteiger partial charge on any atom is 0.332 e. The summed E-state index contributed by atoms with van der Waals surface area (Å²) in [6.07, 6.45) is 1.77. The van der Waals surface area contributed by atoms with Gasteiger partial charge in [0.2, 0.25) is 11.8 Å². The molecule has 1 saturated heterocycles. The van der Waals surface area contributed by atoms with Crippen molar-refractivity contribution in [2.75, 3.05) is 23.3 Å². The molecular weight excluding hydrogens is 463 g/mol. The third kappa shape index (κ3) is 4.74. The molecule has 36 heavy (non-hydrogen) atoms. The first-order valence-electron chi connectivity index (χ1n) is 11.6. The number of hydrogen-bond donors (Lipinski definition) is 2. The van der Waals surface area contributed by atoms with Crippen molar-refractivity contribution in [1.29, 1.82) is 5.26 Å². The molecule has 3 heterocycles. The second-order valence-electron chi connectivity index (χ2n) is 8.57. The lowest BCUT2D eigenvalue weighted by atomic mass is 10.1. The Hall–Kier alpha value is -4.35. The van der Waals surface area contributed by atoms with Crippen molar-refractivity contribution in [3.8, 4) is 17.9 Å². The largest absolute Gasteiger partial charge is 0.354 e. The predicted octanol–water partition coefficient (Wildman–Crippen LogP) is 1.66. The highest BCUT2D eigenvalue weighted by Crippen LogP contribution is 2.23. The molecule has 1 unspecified atom stereocenters. The van der Waals surface area contributed by atoms with Crippen LogP contribution in [0, 0.1) is 23.2 Å². The number of hydrogen-bond acceptors (Lipinski definition) is 7. The van der Waals surface area contributed by atoms with Crippen LogP contribution in [0.3, 0.4) is 0 Å². The Morgan fingerprint density at radius 2 is 2.03 bits per heavy atom. The van der Waals surface area contributed by atoms with E-state index in [1.807, 2.05) is 4.90 Å². The minimum absolute atomic E-state index is 0.0320. The van der Waals surface area contributed by atoms with Gasteiger partial charge in [-0.15, -0.1) is 5.92 Å². The van der Waals surface area contributed by atoms with E-state index >= 15 is 0 Å². The number of nitrogens with one attached hydrogen (secondary N) is 1. The minimum Gasteiger partial charge on any atom is -0.354 e. The van der Waals surface area contributed by atoms with Crippen LogP contribution in [0.25, 0.3) is 11.2 Å². The van der Waals surface area contributed by atoms with Gasteiger partial charge in [0.15, 0.2) is 11.2 Å². The molecule has 1 aliphatic heterocycles. The lowest BCUT2D eigenvalue weighted by Crippen LogP contribution is -2.44. The lowest BCUT2D eigenvalue weighted by molar-refractivity contribution is 0.496. The predicted molar refractivity (Wildman–Crippen MR) is 136 cm³/mol. The number of allylic oxidation sites excluding steroid dienone is 2. The summed E-state index contributed by atoms with van der Waals surface area (Å²) < 4.78 is 18.4. The van der Waals surface area contributed by atoms with Crippen molar-refractivity contribution in [2.45, 2.75) is 38.9 Å². The molecule has 0 radical (unpaired) electrons. The summed E-state index contributed by atoms with van der Waals surface area (Å²) in [4.78, 5) is 33.6. The average molecular weight is 491 g/mol. The molecule has 0 amide bonds. The molecule has 3 N–H and O–H groups in total. The van der Waals surface area contributed by atoms with E-state index < -0.39 is 23.6 Å². The number of imidazole rings is 1. The molecule has 2 aromatic heterocycles. The monoisotopic (exact) mass is 490 g/mol. The van der Waals surface area contributed by atoms with E-state index in [1.165, 1.54) is 17.7 Å². The molecule has 1 atom stereocenters. The molecule has 4 rings (SSSR count). The molecule has 0 aliphatic carbocycles. The summed E-state index contributed by atoms with van der Waals surface area (Å²) in [6.45, 7) is 2.68. The zero-order valence-electron chi connectivity index (χ0n) is 20.2. The topological polar surface area (TPSA) is 127 Å². The van der Waals surface area contributed by atoms with Gasteiger partial charge >= 0.3 is 5.69 Å². The summed E-state index contributed by atoms with van der Waals surface area (Å²) in [5.74, 6) is 5.18. The van der Waals surface area contributed by atoms with E-state index in [-0.39, 0.29) is 29.4 Å². The molecule has 3 aromatic rings. The van der Waals surface area contributed by atoms with Crippen LogP contribution in [0.15, 0.2) is 51.4 Å². The Morgan fingerprint density at radius 3 is 2.69 bits per heavy atom. The second kappa shape index (κ2) is 10.5. The third-order valence-electron chi connectivity index (χ3n) is 6.12. The van der Waals surface area contributed by atoms with Crippen molar-refractivity contribution in [3.05, 3.63) is 62.7 Å². The molecule has 11 heteroatoms. The lowest BCUT2D eigenvalue weighted by Gasteiger charge is -2.31. The summed E-state index contributed by atoms with van der Waals surface area (Å²) in [6, 6.07) is 10.1. The van der Waals surface area contributed by atoms with Gasteiger partial charge < -0.3 is 16.0 Å². The van der Waals surface area contributed by atoms with Gasteiger partial charge in [-0.2, -0.15) is 14.6 Å². The van der Waals surface area contributed by atoms with Crippen molar-refractivity contribution < 1.29 is 4.39 Å². The molecule has 1 fully saturated rings. The fraction of sp³-hybridized carbons (Fsp3) is 0.360. The minimum atomic E-state index is -1.12. The first-order valence-corrected chi connectivity index (χ1v) is 11.6. The fourth-order valence-corrected chi connectivity index (χ4v) is 4.33. The number of aromatic nitrogens is 4. The van der Waals surface area contributed by atoms with Crippen LogP contribution < -0.4 is 27.2 Å². The van der Waals surface area contributed by atoms with Crippen LogP contribution in [0.4, 0.5) is 16.0 Å². The quantitative estimate of drug-likeness (QED) is 0.397. The number of para-hydroxylation sites is 1. The smallest absolute Gasteiger partial charge is 0.332 e. The Labute approximate surface area is 207 Å².